The number of hydrogen-bond donors (Lipinski definition) is 1. The molecule has 2 rings (SSSR count). The minimum absolute atomic E-state index is 0.116. The molecule has 1 aromatic carbocycles. The zero-order chi connectivity index (χ0) is 14.8. The van der Waals surface area contributed by atoms with Crippen LogP contribution >= 0.6 is 22.9 Å². The first kappa shape index (κ1) is 15.4. The Morgan fingerprint density at radius 2 is 2.05 bits per heavy atom. The molecule has 0 unspecified atom stereocenters. The number of nitrogens with zero attached hydrogens (tertiary/aromatic N) is 2. The zero-order valence-corrected chi connectivity index (χ0v) is 13.5. The molecule has 2 aromatic rings. The van der Waals surface area contributed by atoms with Crippen LogP contribution in [0.25, 0.3) is 10.6 Å². The van der Waals surface area contributed by atoms with Crippen molar-refractivity contribution in [3.63, 3.8) is 0 Å². The van der Waals surface area contributed by atoms with Gasteiger partial charge in [-0.15, -0.1) is 11.3 Å². The van der Waals surface area contributed by atoms with Crippen molar-refractivity contribution >= 4 is 22.9 Å². The Morgan fingerprint density at radius 1 is 1.35 bits per heavy atom. The Labute approximate surface area is 128 Å². The number of aromatic nitrogens is 1. The summed E-state index contributed by atoms with van der Waals surface area (Å²) in [7, 11) is 1.99. The third-order valence-electron chi connectivity index (χ3n) is 3.48. The molecule has 0 aliphatic heterocycles. The molecule has 1 N–H and O–H groups in total. The Hall–Kier alpha value is -0.940. The van der Waals surface area contributed by atoms with E-state index in [0.29, 0.717) is 6.54 Å². The van der Waals surface area contributed by atoms with E-state index in [1.165, 1.54) is 0 Å². The molecule has 0 fully saturated rings. The number of aliphatic hydroxyl groups excluding tert-OH is 1. The van der Waals surface area contributed by atoms with Crippen molar-refractivity contribution in [3.8, 4) is 10.6 Å². The third-order valence-corrected chi connectivity index (χ3v) is 4.73. The lowest BCUT2D eigenvalue weighted by Crippen LogP contribution is -2.43. The Kier molecular flexibility index (Phi) is 4.81. The maximum absolute atomic E-state index is 9.39. The average molecular weight is 311 g/mol. The molecular weight excluding hydrogens is 292 g/mol. The zero-order valence-electron chi connectivity index (χ0n) is 11.9. The van der Waals surface area contributed by atoms with Crippen LogP contribution < -0.4 is 0 Å². The fraction of sp³-hybridized carbons (Fsp3) is 0.400. The summed E-state index contributed by atoms with van der Waals surface area (Å²) < 4.78 is 0. The van der Waals surface area contributed by atoms with Crippen LogP contribution in [0, 0.1) is 0 Å². The highest BCUT2D eigenvalue weighted by Crippen LogP contribution is 2.30. The van der Waals surface area contributed by atoms with Gasteiger partial charge in [0, 0.05) is 23.0 Å². The first-order valence-corrected chi connectivity index (χ1v) is 7.71. The Balaban J connectivity index is 2.16. The summed E-state index contributed by atoms with van der Waals surface area (Å²) in [5, 5.41) is 13.1. The number of likely N-dealkylation sites (N-methyl/N-ethyl adjacent to an activating group) is 1. The van der Waals surface area contributed by atoms with E-state index in [-0.39, 0.29) is 12.1 Å². The normalized spacial score (nSPS) is 12.1. The van der Waals surface area contributed by atoms with E-state index >= 15 is 0 Å². The monoisotopic (exact) mass is 310 g/mol. The molecule has 0 aliphatic carbocycles. The van der Waals surface area contributed by atoms with Gasteiger partial charge >= 0.3 is 0 Å². The van der Waals surface area contributed by atoms with Gasteiger partial charge in [0.05, 0.1) is 17.3 Å². The Morgan fingerprint density at radius 3 is 2.70 bits per heavy atom. The van der Waals surface area contributed by atoms with Crippen molar-refractivity contribution in [3.05, 3.63) is 40.4 Å². The lowest BCUT2D eigenvalue weighted by atomic mass is 10.1. The summed E-state index contributed by atoms with van der Waals surface area (Å²) in [6.45, 7) is 4.84. The molecule has 1 heterocycles. The van der Waals surface area contributed by atoms with Crippen LogP contribution in [0.15, 0.2) is 29.6 Å². The van der Waals surface area contributed by atoms with Gasteiger partial charge in [-0.2, -0.15) is 0 Å². The molecule has 1 aromatic heterocycles. The van der Waals surface area contributed by atoms with Gasteiger partial charge in [0.25, 0.3) is 0 Å². The molecule has 0 bridgehead atoms. The van der Waals surface area contributed by atoms with Crippen molar-refractivity contribution in [2.45, 2.75) is 25.9 Å². The molecule has 20 heavy (non-hydrogen) atoms. The molecule has 108 valence electrons. The van der Waals surface area contributed by atoms with Crippen molar-refractivity contribution in [2.75, 3.05) is 13.7 Å². The number of halogens is 1. The number of rotatable bonds is 5. The summed E-state index contributed by atoms with van der Waals surface area (Å²) >= 11 is 7.78. The molecular formula is C15H19ClN2OS. The van der Waals surface area contributed by atoms with Crippen LogP contribution in [0.5, 0.6) is 0 Å². The van der Waals surface area contributed by atoms with Crippen molar-refractivity contribution in [2.24, 2.45) is 0 Å². The largest absolute Gasteiger partial charge is 0.394 e. The van der Waals surface area contributed by atoms with Gasteiger partial charge in [-0.1, -0.05) is 29.8 Å². The fourth-order valence-electron chi connectivity index (χ4n) is 1.72. The van der Waals surface area contributed by atoms with E-state index in [4.69, 9.17) is 11.6 Å². The maximum atomic E-state index is 9.39. The molecule has 0 saturated heterocycles. The number of aliphatic hydroxyl groups is 1. The molecule has 0 atom stereocenters. The van der Waals surface area contributed by atoms with E-state index in [1.54, 1.807) is 11.3 Å². The predicted molar refractivity (Wildman–Crippen MR) is 85.2 cm³/mol. The second kappa shape index (κ2) is 6.22. The number of hydrogen-bond acceptors (Lipinski definition) is 4. The third kappa shape index (κ3) is 3.38. The van der Waals surface area contributed by atoms with Crippen molar-refractivity contribution in [1.29, 1.82) is 0 Å². The van der Waals surface area contributed by atoms with Crippen LogP contribution in [0.1, 0.15) is 19.5 Å². The molecule has 0 spiro atoms. The van der Waals surface area contributed by atoms with Gasteiger partial charge in [0.15, 0.2) is 0 Å². The summed E-state index contributed by atoms with van der Waals surface area (Å²) in [4.78, 5) is 6.74. The van der Waals surface area contributed by atoms with Crippen LogP contribution in [0.3, 0.4) is 0 Å². The standard InChI is InChI=1S/C15H19ClN2OS/c1-15(2,10-19)18(3)8-11-9-20-14(17-11)12-6-4-5-7-13(12)16/h4-7,9,19H,8,10H2,1-3H3. The molecule has 3 nitrogen and oxygen atoms in total. The van der Waals surface area contributed by atoms with Gasteiger partial charge in [-0.3, -0.25) is 4.90 Å². The second-order valence-corrected chi connectivity index (χ2v) is 6.72. The van der Waals surface area contributed by atoms with Gasteiger partial charge < -0.3 is 5.11 Å². The summed E-state index contributed by atoms with van der Waals surface area (Å²) in [6, 6.07) is 7.73. The van der Waals surface area contributed by atoms with Gasteiger partial charge in [-0.05, 0) is 27.0 Å². The van der Waals surface area contributed by atoms with Crippen LogP contribution in [0.2, 0.25) is 5.02 Å². The summed E-state index contributed by atoms with van der Waals surface area (Å²) in [6.07, 6.45) is 0. The highest BCUT2D eigenvalue weighted by Gasteiger charge is 2.23. The van der Waals surface area contributed by atoms with E-state index in [9.17, 15) is 5.11 Å². The smallest absolute Gasteiger partial charge is 0.125 e. The first-order valence-electron chi connectivity index (χ1n) is 6.45. The molecule has 0 amide bonds. The van der Waals surface area contributed by atoms with E-state index in [1.807, 2.05) is 50.5 Å². The summed E-state index contributed by atoms with van der Waals surface area (Å²) in [5.74, 6) is 0. The maximum Gasteiger partial charge on any atom is 0.125 e. The second-order valence-electron chi connectivity index (χ2n) is 5.45. The molecule has 0 radical (unpaired) electrons. The van der Waals surface area contributed by atoms with Crippen LogP contribution in [-0.2, 0) is 6.54 Å². The van der Waals surface area contributed by atoms with Crippen LogP contribution in [0.4, 0.5) is 0 Å². The lowest BCUT2D eigenvalue weighted by Gasteiger charge is -2.33. The topological polar surface area (TPSA) is 36.4 Å². The number of thiazole rings is 1. The number of benzene rings is 1. The highest BCUT2D eigenvalue weighted by atomic mass is 35.5. The minimum atomic E-state index is -0.256. The van der Waals surface area contributed by atoms with E-state index in [0.717, 1.165) is 21.3 Å². The average Bonchev–Trinajstić information content (AvgIpc) is 2.87. The summed E-state index contributed by atoms with van der Waals surface area (Å²) in [5.41, 5.74) is 1.71. The quantitative estimate of drug-likeness (QED) is 0.915. The van der Waals surface area contributed by atoms with Gasteiger partial charge in [-0.25, -0.2) is 4.98 Å². The minimum Gasteiger partial charge on any atom is -0.394 e. The SMILES string of the molecule is CN(Cc1csc(-c2ccccc2Cl)n1)C(C)(C)CO. The van der Waals surface area contributed by atoms with E-state index < -0.39 is 0 Å². The van der Waals surface area contributed by atoms with Crippen LogP contribution in [-0.4, -0.2) is 34.2 Å². The van der Waals surface area contributed by atoms with Gasteiger partial charge in [0.2, 0.25) is 0 Å². The molecule has 5 heteroatoms. The lowest BCUT2D eigenvalue weighted by molar-refractivity contribution is 0.0726. The first-order chi connectivity index (χ1) is 9.44. The highest BCUT2D eigenvalue weighted by molar-refractivity contribution is 7.13. The van der Waals surface area contributed by atoms with Crippen molar-refractivity contribution < 1.29 is 5.11 Å². The predicted octanol–water partition coefficient (Wildman–Crippen LogP) is 3.67. The fourth-order valence-corrected chi connectivity index (χ4v) is 2.85. The molecule has 0 saturated carbocycles. The van der Waals surface area contributed by atoms with E-state index in [2.05, 4.69) is 9.88 Å². The molecule has 0 aliphatic rings. The van der Waals surface area contributed by atoms with Crippen molar-refractivity contribution in [1.82, 2.24) is 9.88 Å². The Bertz CT molecular complexity index is 583. The van der Waals surface area contributed by atoms with Gasteiger partial charge in [0.1, 0.15) is 5.01 Å².